The molecule has 0 aliphatic rings. The highest BCUT2D eigenvalue weighted by Gasteiger charge is 2.06. The van der Waals surface area contributed by atoms with Crippen LogP contribution in [0.15, 0.2) is 42.5 Å². The van der Waals surface area contributed by atoms with Gasteiger partial charge in [0.2, 0.25) is 0 Å². The predicted molar refractivity (Wildman–Crippen MR) is 108 cm³/mol. The molecule has 0 aromatic heterocycles. The molecule has 4 N–H and O–H groups in total. The van der Waals surface area contributed by atoms with Crippen molar-refractivity contribution in [1.82, 2.24) is 4.84 Å². The fourth-order valence-corrected chi connectivity index (χ4v) is 2.43. The third kappa shape index (κ3) is 7.39. The van der Waals surface area contributed by atoms with E-state index in [0.29, 0.717) is 11.5 Å². The molecule has 0 aliphatic carbocycles. The summed E-state index contributed by atoms with van der Waals surface area (Å²) < 4.78 is 10.9. The van der Waals surface area contributed by atoms with Gasteiger partial charge in [0.25, 0.3) is 0 Å². The first kappa shape index (κ1) is 22.0. The van der Waals surface area contributed by atoms with E-state index in [9.17, 15) is 10.2 Å². The van der Waals surface area contributed by atoms with Gasteiger partial charge in [-0.2, -0.15) is 0 Å². The molecule has 0 radical (unpaired) electrons. The molecule has 0 bridgehead atoms. The Morgan fingerprint density at radius 1 is 0.964 bits per heavy atom. The summed E-state index contributed by atoms with van der Waals surface area (Å²) >= 11 is 5.35. The van der Waals surface area contributed by atoms with Gasteiger partial charge in [0.1, 0.15) is 36.9 Å². The number of nitrogens with one attached hydrogen (secondary N) is 1. The monoisotopic (exact) mass is 405 g/mol. The maximum absolute atomic E-state index is 9.63. The number of benzene rings is 2. The topological polar surface area (TPSA) is 91.2 Å². The third-order valence-corrected chi connectivity index (χ3v) is 3.93. The Morgan fingerprint density at radius 3 is 2.25 bits per heavy atom. The molecular weight excluding hydrogens is 382 g/mol. The zero-order chi connectivity index (χ0) is 20.4. The zero-order valence-electron chi connectivity index (χ0n) is 15.6. The van der Waals surface area contributed by atoms with Gasteiger partial charge in [-0.1, -0.05) is 11.8 Å². The molecule has 0 amide bonds. The van der Waals surface area contributed by atoms with E-state index in [-0.39, 0.29) is 26.4 Å². The Kier molecular flexibility index (Phi) is 9.08. The largest absolute Gasteiger partial charge is 0.491 e. The van der Waals surface area contributed by atoms with Gasteiger partial charge in [-0.05, 0) is 66.7 Å². The molecule has 6 nitrogen and oxygen atoms in total. The molecule has 0 saturated carbocycles. The summed E-state index contributed by atoms with van der Waals surface area (Å²) in [5, 5.41) is 27.7. The van der Waals surface area contributed by atoms with E-state index in [0.717, 1.165) is 16.7 Å². The normalized spacial score (nSPS) is 12.6. The van der Waals surface area contributed by atoms with E-state index in [1.165, 1.54) is 0 Å². The zero-order valence-corrected chi connectivity index (χ0v) is 16.3. The van der Waals surface area contributed by atoms with Crippen molar-refractivity contribution >= 4 is 11.8 Å². The lowest BCUT2D eigenvalue weighted by Crippen LogP contribution is -2.27. The molecule has 0 saturated heterocycles. The third-order valence-electron chi connectivity index (χ3n) is 3.78. The molecule has 28 heavy (non-hydrogen) atoms. The number of aliphatic hydroxyl groups excluding tert-OH is 3. The van der Waals surface area contributed by atoms with Crippen molar-refractivity contribution in [3.8, 4) is 23.3 Å². The second-order valence-electron chi connectivity index (χ2n) is 6.20. The number of halogens is 1. The molecular formula is C21H24ClNO5. The maximum atomic E-state index is 9.63. The predicted octanol–water partition coefficient (Wildman–Crippen LogP) is 1.61. The summed E-state index contributed by atoms with van der Waals surface area (Å²) in [4.78, 5) is 2.37. The van der Waals surface area contributed by atoms with Gasteiger partial charge >= 0.3 is 0 Å². The first-order chi connectivity index (χ1) is 13.5. The van der Waals surface area contributed by atoms with Crippen molar-refractivity contribution in [3.63, 3.8) is 0 Å². The molecule has 2 rings (SSSR count). The quantitative estimate of drug-likeness (QED) is 0.374. The van der Waals surface area contributed by atoms with Crippen molar-refractivity contribution in [2.75, 3.05) is 26.4 Å². The van der Waals surface area contributed by atoms with Crippen LogP contribution in [-0.2, 0) is 0 Å². The summed E-state index contributed by atoms with van der Waals surface area (Å²) in [7, 11) is 0. The van der Waals surface area contributed by atoms with Crippen LogP contribution in [0.5, 0.6) is 11.5 Å². The Hall–Kier alpha value is -2.27. The molecule has 0 fully saturated rings. The van der Waals surface area contributed by atoms with Crippen LogP contribution in [0, 0.1) is 18.8 Å². The highest BCUT2D eigenvalue weighted by atomic mass is 35.5. The smallest absolute Gasteiger partial charge is 0.122 e. The van der Waals surface area contributed by atoms with Crippen LogP contribution in [0.4, 0.5) is 0 Å². The number of hydrogen-bond acceptors (Lipinski definition) is 6. The molecule has 0 aliphatic heterocycles. The average molecular weight is 406 g/mol. The molecule has 0 unspecified atom stereocenters. The van der Waals surface area contributed by atoms with E-state index in [4.69, 9.17) is 26.4 Å². The lowest BCUT2D eigenvalue weighted by Gasteiger charge is -2.13. The Bertz CT molecular complexity index is 801. The van der Waals surface area contributed by atoms with Crippen molar-refractivity contribution in [2.45, 2.75) is 19.1 Å². The summed E-state index contributed by atoms with van der Waals surface area (Å²) in [5.74, 6) is 7.46. The van der Waals surface area contributed by atoms with Crippen LogP contribution < -0.4 is 14.3 Å². The highest BCUT2D eigenvalue weighted by molar-refractivity contribution is 6.13. The van der Waals surface area contributed by atoms with Crippen molar-refractivity contribution in [2.24, 2.45) is 0 Å². The van der Waals surface area contributed by atoms with Crippen molar-refractivity contribution in [3.05, 3.63) is 59.2 Å². The van der Waals surface area contributed by atoms with Gasteiger partial charge < -0.3 is 24.8 Å². The van der Waals surface area contributed by atoms with Crippen LogP contribution in [0.3, 0.4) is 0 Å². The summed E-state index contributed by atoms with van der Waals surface area (Å²) in [6.45, 7) is 2.01. The van der Waals surface area contributed by atoms with Gasteiger partial charge in [-0.25, -0.2) is 4.84 Å². The number of hydrogen-bond donors (Lipinski definition) is 4. The summed E-state index contributed by atoms with van der Waals surface area (Å²) in [5.41, 5.74) is 2.59. The lowest BCUT2D eigenvalue weighted by atomic mass is 10.1. The number of aliphatic hydroxyl groups is 3. The highest BCUT2D eigenvalue weighted by Crippen LogP contribution is 2.19. The van der Waals surface area contributed by atoms with E-state index in [1.807, 2.05) is 37.3 Å². The first-order valence-electron chi connectivity index (χ1n) is 8.80. The molecule has 2 aromatic carbocycles. The Morgan fingerprint density at radius 2 is 1.61 bits per heavy atom. The van der Waals surface area contributed by atoms with Gasteiger partial charge in [-0.15, -0.1) is 0 Å². The molecule has 2 aromatic rings. The van der Waals surface area contributed by atoms with E-state index in [1.54, 1.807) is 12.1 Å². The minimum atomic E-state index is -0.894. The SMILES string of the molecule is Cc1cc(C#Cc2ccc(OC[C@H](O)CO)cc2)ccc1OC[C@H](O)CNCl. The molecule has 2 atom stereocenters. The number of rotatable bonds is 9. The van der Waals surface area contributed by atoms with Crippen LogP contribution in [-0.4, -0.2) is 53.9 Å². The fraction of sp³-hybridized carbons (Fsp3) is 0.333. The molecule has 0 spiro atoms. The second-order valence-corrected chi connectivity index (χ2v) is 6.47. The fourth-order valence-electron chi connectivity index (χ4n) is 2.25. The van der Waals surface area contributed by atoms with E-state index in [2.05, 4.69) is 16.7 Å². The standard InChI is InChI=1S/C21H24ClNO5/c1-15-10-17(6-9-21(15)28-13-18(25)11-23-22)3-2-16-4-7-20(8-5-16)27-14-19(26)12-24/h4-10,18-19,23-26H,11-14H2,1H3/t18-,19-/m1/s1. The average Bonchev–Trinajstić information content (AvgIpc) is 2.70. The summed E-state index contributed by atoms with van der Waals surface area (Å²) in [6, 6.07) is 12.8. The number of aryl methyl sites for hydroxylation is 1. The molecule has 150 valence electrons. The minimum absolute atomic E-state index is 0.0363. The van der Waals surface area contributed by atoms with Crippen molar-refractivity contribution < 1.29 is 24.8 Å². The van der Waals surface area contributed by atoms with Gasteiger partial charge in [0, 0.05) is 17.7 Å². The Labute approximate surface area is 169 Å². The van der Waals surface area contributed by atoms with Crippen LogP contribution in [0.1, 0.15) is 16.7 Å². The van der Waals surface area contributed by atoms with Crippen LogP contribution in [0.25, 0.3) is 0 Å². The lowest BCUT2D eigenvalue weighted by molar-refractivity contribution is 0.0536. The second kappa shape index (κ2) is 11.5. The Balaban J connectivity index is 1.95. The van der Waals surface area contributed by atoms with Crippen LogP contribution >= 0.6 is 11.8 Å². The van der Waals surface area contributed by atoms with E-state index >= 15 is 0 Å². The number of ether oxygens (including phenoxy) is 2. The van der Waals surface area contributed by atoms with E-state index < -0.39 is 12.2 Å². The summed E-state index contributed by atoms with van der Waals surface area (Å²) in [6.07, 6.45) is -1.58. The first-order valence-corrected chi connectivity index (χ1v) is 9.18. The molecule has 0 heterocycles. The minimum Gasteiger partial charge on any atom is -0.491 e. The van der Waals surface area contributed by atoms with Crippen molar-refractivity contribution in [1.29, 1.82) is 0 Å². The van der Waals surface area contributed by atoms with Gasteiger partial charge in [0.15, 0.2) is 0 Å². The van der Waals surface area contributed by atoms with Gasteiger partial charge in [0.05, 0.1) is 6.61 Å². The van der Waals surface area contributed by atoms with Gasteiger partial charge in [-0.3, -0.25) is 0 Å². The molecule has 7 heteroatoms. The maximum Gasteiger partial charge on any atom is 0.122 e. The van der Waals surface area contributed by atoms with Crippen LogP contribution in [0.2, 0.25) is 0 Å².